The number of unbranched alkanes of at least 4 members (excludes halogenated alkanes) is 1. The topological polar surface area (TPSA) is 36.9 Å². The first-order valence-electron chi connectivity index (χ1n) is 7.28. The van der Waals surface area contributed by atoms with Gasteiger partial charge in [0.1, 0.15) is 5.75 Å². The predicted octanol–water partition coefficient (Wildman–Crippen LogP) is 2.98. The van der Waals surface area contributed by atoms with Gasteiger partial charge in [0.05, 0.1) is 7.11 Å². The normalized spacial score (nSPS) is 11.1. The molecule has 0 spiro atoms. The highest BCUT2D eigenvalue weighted by Gasteiger charge is 2.06. The SMILES string of the molecule is C=CCCCN(C)C(=NC)NCc1cc(C)cc(OC)c1. The summed E-state index contributed by atoms with van der Waals surface area (Å²) < 4.78 is 5.30. The molecule has 116 valence electrons. The van der Waals surface area contributed by atoms with Crippen molar-refractivity contribution in [2.75, 3.05) is 27.7 Å². The number of allylic oxidation sites excluding steroid dienone is 1. The van der Waals surface area contributed by atoms with Crippen LogP contribution in [0.25, 0.3) is 0 Å². The molecule has 0 aromatic heterocycles. The van der Waals surface area contributed by atoms with E-state index in [-0.39, 0.29) is 0 Å². The average molecular weight is 289 g/mol. The second kappa shape index (κ2) is 9.06. The van der Waals surface area contributed by atoms with Crippen LogP contribution in [0.5, 0.6) is 5.75 Å². The number of methoxy groups -OCH3 is 1. The number of nitrogens with zero attached hydrogens (tertiary/aromatic N) is 2. The number of benzene rings is 1. The molecular formula is C17H27N3O. The van der Waals surface area contributed by atoms with Crippen LogP contribution in [0.2, 0.25) is 0 Å². The van der Waals surface area contributed by atoms with E-state index in [1.54, 1.807) is 7.11 Å². The minimum atomic E-state index is 0.733. The molecule has 0 aliphatic carbocycles. The molecule has 1 aromatic rings. The third-order valence-corrected chi connectivity index (χ3v) is 3.27. The molecule has 0 heterocycles. The zero-order valence-electron chi connectivity index (χ0n) is 13.6. The van der Waals surface area contributed by atoms with E-state index >= 15 is 0 Å². The monoisotopic (exact) mass is 289 g/mol. The molecule has 0 radical (unpaired) electrons. The molecule has 0 fully saturated rings. The van der Waals surface area contributed by atoms with Crippen LogP contribution in [-0.2, 0) is 6.54 Å². The fourth-order valence-electron chi connectivity index (χ4n) is 2.19. The fraction of sp³-hybridized carbons (Fsp3) is 0.471. The van der Waals surface area contributed by atoms with Crippen LogP contribution >= 0.6 is 0 Å². The second-order valence-corrected chi connectivity index (χ2v) is 5.11. The zero-order chi connectivity index (χ0) is 15.7. The van der Waals surface area contributed by atoms with E-state index in [4.69, 9.17) is 4.74 Å². The van der Waals surface area contributed by atoms with Crippen molar-refractivity contribution in [2.45, 2.75) is 26.3 Å². The number of hydrogen-bond acceptors (Lipinski definition) is 2. The Morgan fingerprint density at radius 3 is 2.81 bits per heavy atom. The lowest BCUT2D eigenvalue weighted by atomic mass is 10.1. The van der Waals surface area contributed by atoms with Gasteiger partial charge in [0, 0.05) is 27.2 Å². The average Bonchev–Trinajstić information content (AvgIpc) is 2.47. The number of hydrogen-bond donors (Lipinski definition) is 1. The van der Waals surface area contributed by atoms with E-state index in [0.717, 1.165) is 37.6 Å². The molecule has 21 heavy (non-hydrogen) atoms. The van der Waals surface area contributed by atoms with Crippen molar-refractivity contribution < 1.29 is 4.74 Å². The van der Waals surface area contributed by atoms with Crippen LogP contribution < -0.4 is 10.1 Å². The van der Waals surface area contributed by atoms with Gasteiger partial charge in [0.2, 0.25) is 0 Å². The lowest BCUT2D eigenvalue weighted by molar-refractivity contribution is 0.413. The van der Waals surface area contributed by atoms with Gasteiger partial charge in [-0.3, -0.25) is 4.99 Å². The lowest BCUT2D eigenvalue weighted by Crippen LogP contribution is -2.38. The Morgan fingerprint density at radius 1 is 1.43 bits per heavy atom. The maximum Gasteiger partial charge on any atom is 0.193 e. The first-order valence-corrected chi connectivity index (χ1v) is 7.28. The van der Waals surface area contributed by atoms with E-state index in [1.165, 1.54) is 11.1 Å². The van der Waals surface area contributed by atoms with E-state index in [1.807, 2.05) is 25.3 Å². The highest BCUT2D eigenvalue weighted by Crippen LogP contribution is 2.16. The molecule has 1 rings (SSSR count). The van der Waals surface area contributed by atoms with Gasteiger partial charge in [0.25, 0.3) is 0 Å². The summed E-state index contributed by atoms with van der Waals surface area (Å²) in [5.41, 5.74) is 2.38. The summed E-state index contributed by atoms with van der Waals surface area (Å²) in [7, 11) is 5.55. The minimum absolute atomic E-state index is 0.733. The minimum Gasteiger partial charge on any atom is -0.497 e. The maximum atomic E-state index is 5.30. The van der Waals surface area contributed by atoms with Crippen LogP contribution in [0.4, 0.5) is 0 Å². The summed E-state index contributed by atoms with van der Waals surface area (Å²) in [5, 5.41) is 3.39. The van der Waals surface area contributed by atoms with E-state index in [2.05, 4.69) is 41.8 Å². The number of guanidine groups is 1. The summed E-state index contributed by atoms with van der Waals surface area (Å²) in [6.45, 7) is 7.51. The molecule has 0 bridgehead atoms. The number of aryl methyl sites for hydroxylation is 1. The van der Waals surface area contributed by atoms with Gasteiger partial charge in [-0.1, -0.05) is 12.1 Å². The van der Waals surface area contributed by atoms with Crippen molar-refractivity contribution in [3.63, 3.8) is 0 Å². The van der Waals surface area contributed by atoms with E-state index in [0.29, 0.717) is 0 Å². The Morgan fingerprint density at radius 2 is 2.19 bits per heavy atom. The van der Waals surface area contributed by atoms with Gasteiger partial charge < -0.3 is 15.0 Å². The Bertz CT molecular complexity index is 483. The molecule has 0 amide bonds. The van der Waals surface area contributed by atoms with Gasteiger partial charge >= 0.3 is 0 Å². The molecule has 0 atom stereocenters. The molecule has 0 unspecified atom stereocenters. The number of ether oxygens (including phenoxy) is 1. The van der Waals surface area contributed by atoms with Crippen LogP contribution in [0.3, 0.4) is 0 Å². The third kappa shape index (κ3) is 5.90. The number of aliphatic imine (C=N–C) groups is 1. The fourth-order valence-corrected chi connectivity index (χ4v) is 2.19. The van der Waals surface area contributed by atoms with E-state index in [9.17, 15) is 0 Å². The smallest absolute Gasteiger partial charge is 0.193 e. The van der Waals surface area contributed by atoms with Gasteiger partial charge in [0.15, 0.2) is 5.96 Å². The Balaban J connectivity index is 2.59. The van der Waals surface area contributed by atoms with Gasteiger partial charge in [-0.15, -0.1) is 6.58 Å². The first-order chi connectivity index (χ1) is 10.1. The quantitative estimate of drug-likeness (QED) is 0.363. The van der Waals surface area contributed by atoms with Gasteiger partial charge in [-0.25, -0.2) is 0 Å². The molecule has 4 nitrogen and oxygen atoms in total. The highest BCUT2D eigenvalue weighted by atomic mass is 16.5. The van der Waals surface area contributed by atoms with Crippen molar-refractivity contribution in [3.8, 4) is 5.75 Å². The van der Waals surface area contributed by atoms with Crippen LogP contribution in [-0.4, -0.2) is 38.6 Å². The lowest BCUT2D eigenvalue weighted by Gasteiger charge is -2.22. The van der Waals surface area contributed by atoms with Crippen LogP contribution in [0.1, 0.15) is 24.0 Å². The molecule has 1 N–H and O–H groups in total. The Kier molecular flexibility index (Phi) is 7.37. The largest absolute Gasteiger partial charge is 0.497 e. The summed E-state index contributed by atoms with van der Waals surface area (Å²) in [5.74, 6) is 1.79. The standard InChI is InChI=1S/C17H27N3O/c1-6-7-8-9-20(4)17(18-3)19-13-15-10-14(2)11-16(12-15)21-5/h6,10-12H,1,7-9,13H2,2-5H3,(H,18,19). The second-order valence-electron chi connectivity index (χ2n) is 5.11. The van der Waals surface area contributed by atoms with E-state index < -0.39 is 0 Å². The van der Waals surface area contributed by atoms with Gasteiger partial charge in [-0.2, -0.15) is 0 Å². The molecule has 0 aliphatic heterocycles. The summed E-state index contributed by atoms with van der Waals surface area (Å²) in [6, 6.07) is 6.23. The summed E-state index contributed by atoms with van der Waals surface area (Å²) in [6.07, 6.45) is 4.05. The van der Waals surface area contributed by atoms with Crippen LogP contribution in [0, 0.1) is 6.92 Å². The van der Waals surface area contributed by atoms with Crippen molar-refractivity contribution in [1.29, 1.82) is 0 Å². The zero-order valence-corrected chi connectivity index (χ0v) is 13.6. The third-order valence-electron chi connectivity index (χ3n) is 3.27. The summed E-state index contributed by atoms with van der Waals surface area (Å²) in [4.78, 5) is 6.46. The van der Waals surface area contributed by atoms with Gasteiger partial charge in [-0.05, 0) is 43.0 Å². The molecule has 1 aromatic carbocycles. The Hall–Kier alpha value is -1.97. The molecule has 0 saturated heterocycles. The molecule has 0 saturated carbocycles. The predicted molar refractivity (Wildman–Crippen MR) is 90.0 cm³/mol. The maximum absolute atomic E-state index is 5.30. The molecular weight excluding hydrogens is 262 g/mol. The van der Waals surface area contributed by atoms with Crippen molar-refractivity contribution >= 4 is 5.96 Å². The van der Waals surface area contributed by atoms with Crippen molar-refractivity contribution in [2.24, 2.45) is 4.99 Å². The summed E-state index contributed by atoms with van der Waals surface area (Å²) >= 11 is 0. The highest BCUT2D eigenvalue weighted by molar-refractivity contribution is 5.79. The first kappa shape index (κ1) is 17.1. The molecule has 4 heteroatoms. The number of nitrogens with one attached hydrogen (secondary N) is 1. The van der Waals surface area contributed by atoms with Crippen LogP contribution in [0.15, 0.2) is 35.8 Å². The Labute approximate surface area is 128 Å². The van der Waals surface area contributed by atoms with Crippen molar-refractivity contribution in [3.05, 3.63) is 42.0 Å². The number of rotatable bonds is 7. The molecule has 0 aliphatic rings. The van der Waals surface area contributed by atoms with Crippen molar-refractivity contribution in [1.82, 2.24) is 10.2 Å².